The van der Waals surface area contributed by atoms with E-state index in [1.165, 1.54) is 16.9 Å². The van der Waals surface area contributed by atoms with Crippen molar-refractivity contribution in [3.63, 3.8) is 0 Å². The van der Waals surface area contributed by atoms with Gasteiger partial charge in [0, 0.05) is 11.8 Å². The number of nitrogens with one attached hydrogen (secondary N) is 1. The molecule has 1 amide bonds. The molecule has 0 radical (unpaired) electrons. The van der Waals surface area contributed by atoms with Gasteiger partial charge in [0.05, 0.1) is 25.5 Å². The van der Waals surface area contributed by atoms with Crippen LogP contribution < -0.4 is 10.1 Å². The molecular weight excluding hydrogens is 337 g/mol. The second-order valence-corrected chi connectivity index (χ2v) is 5.72. The van der Waals surface area contributed by atoms with Crippen LogP contribution in [0.15, 0.2) is 55.0 Å². The highest BCUT2D eigenvalue weighted by molar-refractivity contribution is 5.91. The Morgan fingerprint density at radius 3 is 2.92 bits per heavy atom. The van der Waals surface area contributed by atoms with Gasteiger partial charge in [-0.3, -0.25) is 9.78 Å². The van der Waals surface area contributed by atoms with Crippen molar-refractivity contribution < 1.29 is 13.9 Å². The van der Waals surface area contributed by atoms with Crippen LogP contribution in [0.25, 0.3) is 0 Å². The topological polar surface area (TPSA) is 81.9 Å². The van der Waals surface area contributed by atoms with Crippen LogP contribution in [0, 0.1) is 5.82 Å². The first-order valence-electron chi connectivity index (χ1n) is 8.10. The molecular formula is C18H18FN5O2. The van der Waals surface area contributed by atoms with Gasteiger partial charge in [0.2, 0.25) is 0 Å². The zero-order chi connectivity index (χ0) is 18.4. The summed E-state index contributed by atoms with van der Waals surface area (Å²) in [6.45, 7) is 2.34. The number of hydrogen-bond acceptors (Lipinski definition) is 5. The van der Waals surface area contributed by atoms with Gasteiger partial charge in [-0.05, 0) is 25.1 Å². The van der Waals surface area contributed by atoms with Crippen molar-refractivity contribution >= 4 is 5.91 Å². The van der Waals surface area contributed by atoms with Gasteiger partial charge in [0.15, 0.2) is 5.69 Å². The maximum atomic E-state index is 13.7. The maximum Gasteiger partial charge on any atom is 0.273 e. The third-order valence-corrected chi connectivity index (χ3v) is 3.58. The number of halogens is 1. The van der Waals surface area contributed by atoms with E-state index >= 15 is 0 Å². The number of carbonyl (C=O) groups excluding carboxylic acids is 1. The second kappa shape index (κ2) is 8.19. The lowest BCUT2D eigenvalue weighted by molar-refractivity contribution is 0.0927. The van der Waals surface area contributed by atoms with Crippen LogP contribution in [0.1, 0.15) is 23.0 Å². The largest absolute Gasteiger partial charge is 0.487 e. The van der Waals surface area contributed by atoms with Gasteiger partial charge < -0.3 is 10.1 Å². The number of carbonyl (C=O) groups is 1. The van der Waals surface area contributed by atoms with Crippen LogP contribution in [0.4, 0.5) is 4.39 Å². The molecule has 0 spiro atoms. The molecule has 0 aliphatic rings. The van der Waals surface area contributed by atoms with E-state index in [9.17, 15) is 9.18 Å². The number of nitrogens with zero attached hydrogens (tertiary/aromatic N) is 4. The molecule has 2 aromatic heterocycles. The molecule has 3 rings (SSSR count). The molecule has 134 valence electrons. The molecule has 0 saturated heterocycles. The average molecular weight is 355 g/mol. The van der Waals surface area contributed by atoms with E-state index in [4.69, 9.17) is 4.74 Å². The molecule has 26 heavy (non-hydrogen) atoms. The molecule has 0 aliphatic carbocycles. The van der Waals surface area contributed by atoms with Crippen molar-refractivity contribution in [2.24, 2.45) is 0 Å². The van der Waals surface area contributed by atoms with Gasteiger partial charge in [-0.15, -0.1) is 5.10 Å². The summed E-state index contributed by atoms with van der Waals surface area (Å²) in [6.07, 6.45) is 4.50. The Labute approximate surface area is 149 Å². The van der Waals surface area contributed by atoms with E-state index < -0.39 is 0 Å². The molecule has 3 aromatic rings. The Balaban J connectivity index is 1.52. The van der Waals surface area contributed by atoms with Gasteiger partial charge in [0.25, 0.3) is 5.91 Å². The summed E-state index contributed by atoms with van der Waals surface area (Å²) in [4.78, 5) is 16.1. The molecule has 0 aliphatic heterocycles. The number of aromatic nitrogens is 4. The van der Waals surface area contributed by atoms with Gasteiger partial charge in [-0.1, -0.05) is 23.4 Å². The summed E-state index contributed by atoms with van der Waals surface area (Å²) in [7, 11) is 0. The van der Waals surface area contributed by atoms with Crippen molar-refractivity contribution in [2.75, 3.05) is 6.54 Å². The van der Waals surface area contributed by atoms with Crippen molar-refractivity contribution in [3.8, 4) is 5.75 Å². The fourth-order valence-corrected chi connectivity index (χ4v) is 2.30. The summed E-state index contributed by atoms with van der Waals surface area (Å²) in [5, 5.41) is 10.4. The van der Waals surface area contributed by atoms with Crippen molar-refractivity contribution in [1.29, 1.82) is 0 Å². The van der Waals surface area contributed by atoms with Crippen LogP contribution in [0.5, 0.6) is 5.75 Å². The first-order chi connectivity index (χ1) is 12.6. The molecule has 1 atom stereocenters. The molecule has 7 nitrogen and oxygen atoms in total. The van der Waals surface area contributed by atoms with Gasteiger partial charge >= 0.3 is 0 Å². The van der Waals surface area contributed by atoms with Crippen LogP contribution in [-0.2, 0) is 6.54 Å². The summed E-state index contributed by atoms with van der Waals surface area (Å²) >= 11 is 0. The molecule has 1 aromatic carbocycles. The van der Waals surface area contributed by atoms with E-state index in [0.29, 0.717) is 17.9 Å². The number of amides is 1. The van der Waals surface area contributed by atoms with Gasteiger partial charge in [-0.2, -0.15) is 0 Å². The minimum Gasteiger partial charge on any atom is -0.487 e. The fourth-order valence-electron chi connectivity index (χ4n) is 2.30. The van der Waals surface area contributed by atoms with E-state index in [1.807, 2.05) is 6.92 Å². The normalized spacial score (nSPS) is 11.8. The summed E-state index contributed by atoms with van der Waals surface area (Å²) < 4.78 is 20.7. The zero-order valence-electron chi connectivity index (χ0n) is 14.2. The lowest BCUT2D eigenvalue weighted by Gasteiger charge is -2.14. The smallest absolute Gasteiger partial charge is 0.273 e. The minimum absolute atomic E-state index is 0.162. The van der Waals surface area contributed by atoms with Crippen molar-refractivity contribution in [1.82, 2.24) is 25.3 Å². The SMILES string of the molecule is CC(CNC(=O)c1cn(Cc2ccccc2F)nn1)Oc1cccnc1. The molecule has 8 heteroatoms. The van der Waals surface area contributed by atoms with Gasteiger partial charge in [-0.25, -0.2) is 9.07 Å². The Hall–Kier alpha value is -3.29. The molecule has 0 bridgehead atoms. The third-order valence-electron chi connectivity index (χ3n) is 3.58. The van der Waals surface area contributed by atoms with Crippen LogP contribution in [0.3, 0.4) is 0 Å². The summed E-state index contributed by atoms with van der Waals surface area (Å²) in [6, 6.07) is 9.96. The van der Waals surface area contributed by atoms with Gasteiger partial charge in [0.1, 0.15) is 17.7 Å². The quantitative estimate of drug-likeness (QED) is 0.701. The number of rotatable bonds is 7. The molecule has 1 N–H and O–H groups in total. The highest BCUT2D eigenvalue weighted by Gasteiger charge is 2.13. The van der Waals surface area contributed by atoms with E-state index in [-0.39, 0.29) is 30.1 Å². The molecule has 2 heterocycles. The highest BCUT2D eigenvalue weighted by atomic mass is 19.1. The predicted molar refractivity (Wildman–Crippen MR) is 92.2 cm³/mol. The number of hydrogen-bond donors (Lipinski definition) is 1. The van der Waals surface area contributed by atoms with Crippen LogP contribution in [0.2, 0.25) is 0 Å². The highest BCUT2D eigenvalue weighted by Crippen LogP contribution is 2.09. The lowest BCUT2D eigenvalue weighted by Crippen LogP contribution is -2.33. The Bertz CT molecular complexity index is 869. The first-order valence-corrected chi connectivity index (χ1v) is 8.10. The van der Waals surface area contributed by atoms with E-state index in [1.54, 1.807) is 42.7 Å². The van der Waals surface area contributed by atoms with Crippen LogP contribution in [-0.4, -0.2) is 38.5 Å². The fraction of sp³-hybridized carbons (Fsp3) is 0.222. The van der Waals surface area contributed by atoms with E-state index in [0.717, 1.165) is 0 Å². The van der Waals surface area contributed by atoms with Crippen molar-refractivity contribution in [2.45, 2.75) is 19.6 Å². The summed E-state index contributed by atoms with van der Waals surface area (Å²) in [5.74, 6) is -0.0631. The van der Waals surface area contributed by atoms with Crippen molar-refractivity contribution in [3.05, 3.63) is 72.1 Å². The minimum atomic E-state index is -0.369. The first kappa shape index (κ1) is 17.5. The summed E-state index contributed by atoms with van der Waals surface area (Å²) in [5.41, 5.74) is 0.637. The van der Waals surface area contributed by atoms with Crippen LogP contribution >= 0.6 is 0 Å². The number of ether oxygens (including phenoxy) is 1. The standard InChI is InChI=1S/C18H18FN5O2/c1-13(26-15-6-4-8-20-10-15)9-21-18(25)17-12-24(23-22-17)11-14-5-2-3-7-16(14)19/h2-8,10,12-13H,9,11H2,1H3,(H,21,25). The Morgan fingerprint density at radius 1 is 1.31 bits per heavy atom. The lowest BCUT2D eigenvalue weighted by atomic mass is 10.2. The number of pyridine rings is 1. The average Bonchev–Trinajstić information content (AvgIpc) is 3.11. The molecule has 0 saturated carbocycles. The predicted octanol–water partition coefficient (Wildman–Crippen LogP) is 2.06. The third kappa shape index (κ3) is 4.62. The Morgan fingerprint density at radius 2 is 2.15 bits per heavy atom. The second-order valence-electron chi connectivity index (χ2n) is 5.72. The number of benzene rings is 1. The molecule has 0 fully saturated rings. The molecule has 1 unspecified atom stereocenters. The monoisotopic (exact) mass is 355 g/mol. The Kier molecular flexibility index (Phi) is 5.52. The maximum absolute atomic E-state index is 13.7. The zero-order valence-corrected chi connectivity index (χ0v) is 14.2. The van der Waals surface area contributed by atoms with E-state index in [2.05, 4.69) is 20.6 Å².